The zero-order valence-electron chi connectivity index (χ0n) is 21.1. The largest absolute Gasteiger partial charge is 0.328 e. The molecule has 1 amide bonds. The Morgan fingerprint density at radius 3 is 2.24 bits per heavy atom. The lowest BCUT2D eigenvalue weighted by molar-refractivity contribution is -0.117. The number of carbonyl (C=O) groups is 1. The van der Waals surface area contributed by atoms with E-state index in [1.54, 1.807) is 0 Å². The number of nitrogens with zero attached hydrogens (tertiary/aromatic N) is 3. The first kappa shape index (κ1) is 24.5. The lowest BCUT2D eigenvalue weighted by Crippen LogP contribution is -2.24. The quantitative estimate of drug-likeness (QED) is 0.246. The van der Waals surface area contributed by atoms with Crippen LogP contribution in [0.15, 0.2) is 48.5 Å². The molecule has 1 atom stereocenters. The normalized spacial score (nSPS) is 16.1. The molecule has 34 heavy (non-hydrogen) atoms. The Morgan fingerprint density at radius 2 is 1.53 bits per heavy atom. The molecule has 4 heteroatoms. The van der Waals surface area contributed by atoms with Crippen LogP contribution in [0.25, 0.3) is 11.0 Å². The molecule has 3 aromatic rings. The molecule has 2 heterocycles. The molecule has 2 aromatic carbocycles. The summed E-state index contributed by atoms with van der Waals surface area (Å²) in [6.45, 7) is 6.13. The smallest absolute Gasteiger partial charge is 0.227 e. The van der Waals surface area contributed by atoms with Crippen LogP contribution in [0.2, 0.25) is 0 Å². The van der Waals surface area contributed by atoms with Crippen LogP contribution in [0.1, 0.15) is 95.4 Å². The predicted molar refractivity (Wildman–Crippen MR) is 142 cm³/mol. The van der Waals surface area contributed by atoms with Gasteiger partial charge in [-0.15, -0.1) is 0 Å². The fourth-order valence-corrected chi connectivity index (χ4v) is 5.26. The molecular formula is C30H41N3O. The fourth-order valence-electron chi connectivity index (χ4n) is 5.26. The van der Waals surface area contributed by atoms with Gasteiger partial charge in [-0.2, -0.15) is 0 Å². The highest BCUT2D eigenvalue weighted by Crippen LogP contribution is 2.33. The summed E-state index contributed by atoms with van der Waals surface area (Å²) in [5.74, 6) is 1.43. The van der Waals surface area contributed by atoms with E-state index in [1.807, 2.05) is 4.90 Å². The summed E-state index contributed by atoms with van der Waals surface area (Å²) in [7, 11) is 0. The van der Waals surface area contributed by atoms with E-state index in [0.29, 0.717) is 13.0 Å². The maximum absolute atomic E-state index is 13.0. The Bertz CT molecular complexity index is 1050. The fraction of sp³-hybridized carbons (Fsp3) is 0.533. The highest BCUT2D eigenvalue weighted by Gasteiger charge is 2.34. The maximum Gasteiger partial charge on any atom is 0.227 e. The zero-order chi connectivity index (χ0) is 23.8. The van der Waals surface area contributed by atoms with Crippen molar-refractivity contribution in [3.05, 3.63) is 59.9 Å². The number of benzene rings is 2. The monoisotopic (exact) mass is 459 g/mol. The van der Waals surface area contributed by atoms with Crippen LogP contribution in [0, 0.1) is 0 Å². The van der Waals surface area contributed by atoms with Crippen molar-refractivity contribution in [1.29, 1.82) is 0 Å². The van der Waals surface area contributed by atoms with Crippen LogP contribution in [0.5, 0.6) is 0 Å². The number of carbonyl (C=O) groups excluding carboxylic acids is 1. The first-order valence-corrected chi connectivity index (χ1v) is 13.6. The number of aromatic nitrogens is 2. The molecule has 0 bridgehead atoms. The van der Waals surface area contributed by atoms with Crippen molar-refractivity contribution in [3.63, 3.8) is 0 Å². The van der Waals surface area contributed by atoms with E-state index in [1.165, 1.54) is 68.9 Å². The molecule has 0 saturated carbocycles. The highest BCUT2D eigenvalue weighted by molar-refractivity contribution is 5.96. The van der Waals surface area contributed by atoms with Gasteiger partial charge >= 0.3 is 0 Å². The minimum absolute atomic E-state index is 0.143. The van der Waals surface area contributed by atoms with Gasteiger partial charge in [0.1, 0.15) is 5.82 Å². The molecule has 0 N–H and O–H groups in total. The number of rotatable bonds is 13. The number of para-hydroxylation sites is 2. The molecule has 1 fully saturated rings. The van der Waals surface area contributed by atoms with Gasteiger partial charge < -0.3 is 9.47 Å². The van der Waals surface area contributed by atoms with Crippen LogP contribution >= 0.6 is 0 Å². The molecule has 0 radical (unpaired) electrons. The van der Waals surface area contributed by atoms with Crippen LogP contribution in [0.4, 0.5) is 5.69 Å². The molecule has 0 aliphatic carbocycles. The average Bonchev–Trinajstić information content (AvgIpc) is 3.43. The number of anilines is 1. The van der Waals surface area contributed by atoms with Gasteiger partial charge in [0.05, 0.1) is 11.0 Å². The van der Waals surface area contributed by atoms with Gasteiger partial charge in [0.2, 0.25) is 5.91 Å². The van der Waals surface area contributed by atoms with Gasteiger partial charge in [-0.1, -0.05) is 89.5 Å². The summed E-state index contributed by atoms with van der Waals surface area (Å²) < 4.78 is 2.40. The third kappa shape index (κ3) is 5.89. The molecule has 1 aliphatic heterocycles. The summed E-state index contributed by atoms with van der Waals surface area (Å²) >= 11 is 0. The Hall–Kier alpha value is -2.62. The first-order valence-electron chi connectivity index (χ1n) is 13.6. The second-order valence-electron chi connectivity index (χ2n) is 9.86. The number of fused-ring (bicyclic) bond motifs is 1. The lowest BCUT2D eigenvalue weighted by atomic mass is 10.1. The summed E-state index contributed by atoms with van der Waals surface area (Å²) in [5.41, 5.74) is 4.56. The van der Waals surface area contributed by atoms with Crippen molar-refractivity contribution < 1.29 is 4.79 Å². The van der Waals surface area contributed by atoms with Gasteiger partial charge in [0.15, 0.2) is 0 Å². The molecule has 4 nitrogen and oxygen atoms in total. The second kappa shape index (κ2) is 12.2. The van der Waals surface area contributed by atoms with Crippen molar-refractivity contribution in [2.45, 2.75) is 96.9 Å². The molecule has 1 unspecified atom stereocenters. The van der Waals surface area contributed by atoms with Crippen molar-refractivity contribution >= 4 is 22.6 Å². The Balaban J connectivity index is 1.40. The van der Waals surface area contributed by atoms with Gasteiger partial charge in [0, 0.05) is 31.1 Å². The standard InChI is InChI=1S/C30H41N3O/c1-3-5-6-7-8-9-10-11-14-21-32-28-16-13-12-15-27(28)31-30(32)25-22-29(34)33(23-25)26-19-17-24(4-2)18-20-26/h12-13,15-20,25H,3-11,14,21-23H2,1-2H3. The van der Waals surface area contributed by atoms with Crippen LogP contribution in [-0.4, -0.2) is 22.0 Å². The number of unbranched alkanes of at least 4 members (excludes halogenated alkanes) is 8. The van der Waals surface area contributed by atoms with Gasteiger partial charge in [-0.3, -0.25) is 4.79 Å². The zero-order valence-corrected chi connectivity index (χ0v) is 21.1. The van der Waals surface area contributed by atoms with Crippen molar-refractivity contribution in [3.8, 4) is 0 Å². The second-order valence-corrected chi connectivity index (χ2v) is 9.86. The van der Waals surface area contributed by atoms with Crippen LogP contribution in [-0.2, 0) is 17.8 Å². The Morgan fingerprint density at radius 1 is 0.853 bits per heavy atom. The third-order valence-corrected chi connectivity index (χ3v) is 7.32. The van der Waals surface area contributed by atoms with E-state index in [-0.39, 0.29) is 11.8 Å². The van der Waals surface area contributed by atoms with E-state index in [4.69, 9.17) is 4.98 Å². The Labute approximate surface area is 205 Å². The minimum Gasteiger partial charge on any atom is -0.328 e. The number of amides is 1. The van der Waals surface area contributed by atoms with Crippen molar-refractivity contribution in [2.24, 2.45) is 0 Å². The highest BCUT2D eigenvalue weighted by atomic mass is 16.2. The van der Waals surface area contributed by atoms with E-state index in [0.717, 1.165) is 30.0 Å². The van der Waals surface area contributed by atoms with Gasteiger partial charge in [0.25, 0.3) is 0 Å². The number of aryl methyl sites for hydroxylation is 2. The predicted octanol–water partition coefficient (Wildman–Crippen LogP) is 7.65. The van der Waals surface area contributed by atoms with Crippen molar-refractivity contribution in [2.75, 3.05) is 11.4 Å². The molecule has 1 saturated heterocycles. The molecule has 1 aromatic heterocycles. The molecule has 0 spiro atoms. The number of hydrogen-bond donors (Lipinski definition) is 0. The molecule has 1 aliphatic rings. The van der Waals surface area contributed by atoms with Crippen molar-refractivity contribution in [1.82, 2.24) is 9.55 Å². The first-order chi connectivity index (χ1) is 16.7. The summed E-state index contributed by atoms with van der Waals surface area (Å²) in [4.78, 5) is 19.9. The number of imidazole rings is 1. The molecule has 4 rings (SSSR count). The summed E-state index contributed by atoms with van der Waals surface area (Å²) in [6, 6.07) is 16.9. The van der Waals surface area contributed by atoms with Crippen LogP contribution in [0.3, 0.4) is 0 Å². The average molecular weight is 460 g/mol. The van der Waals surface area contributed by atoms with E-state index >= 15 is 0 Å². The van der Waals surface area contributed by atoms with E-state index in [2.05, 4.69) is 66.9 Å². The maximum atomic E-state index is 13.0. The van der Waals surface area contributed by atoms with E-state index < -0.39 is 0 Å². The molecular weight excluding hydrogens is 418 g/mol. The van der Waals surface area contributed by atoms with E-state index in [9.17, 15) is 4.79 Å². The van der Waals surface area contributed by atoms with Gasteiger partial charge in [-0.05, 0) is 42.7 Å². The third-order valence-electron chi connectivity index (χ3n) is 7.32. The minimum atomic E-state index is 0.143. The Kier molecular flexibility index (Phi) is 8.79. The van der Waals surface area contributed by atoms with Crippen LogP contribution < -0.4 is 4.90 Å². The number of hydrogen-bond acceptors (Lipinski definition) is 2. The molecule has 182 valence electrons. The summed E-state index contributed by atoms with van der Waals surface area (Å²) in [6.07, 6.45) is 13.5. The lowest BCUT2D eigenvalue weighted by Gasteiger charge is -2.18. The summed E-state index contributed by atoms with van der Waals surface area (Å²) in [5, 5.41) is 0. The van der Waals surface area contributed by atoms with Gasteiger partial charge in [-0.25, -0.2) is 4.98 Å². The topological polar surface area (TPSA) is 38.1 Å². The SMILES string of the molecule is CCCCCCCCCCCn1c(C2CC(=O)N(c3ccc(CC)cc3)C2)nc2ccccc21.